The molecule has 2 aromatic heterocycles. The molecule has 0 saturated carbocycles. The van der Waals surface area contributed by atoms with Crippen LogP contribution in [0, 0.1) is 0 Å². The predicted octanol–water partition coefficient (Wildman–Crippen LogP) is 4.90. The van der Waals surface area contributed by atoms with Crippen molar-refractivity contribution in [2.75, 3.05) is 14.2 Å². The number of carbonyl (C=O) groups is 1. The maximum Gasteiger partial charge on any atom is 0.416 e. The molecule has 0 aliphatic carbocycles. The number of benzene rings is 2. The lowest BCUT2D eigenvalue weighted by Crippen LogP contribution is -2.22. The summed E-state index contributed by atoms with van der Waals surface area (Å²) in [5.74, 6) is -1.60. The maximum atomic E-state index is 13.4. The van der Waals surface area contributed by atoms with Crippen molar-refractivity contribution in [1.29, 1.82) is 0 Å². The number of thiophene rings is 1. The molecular formula is C24H20F3N2O5S-. The zero-order valence-electron chi connectivity index (χ0n) is 18.8. The van der Waals surface area contributed by atoms with E-state index in [-0.39, 0.29) is 16.2 Å². The molecule has 0 bridgehead atoms. The first-order chi connectivity index (χ1) is 16.6. The van der Waals surface area contributed by atoms with E-state index in [1.54, 1.807) is 22.8 Å². The van der Waals surface area contributed by atoms with Crippen LogP contribution in [0.4, 0.5) is 13.2 Å². The smallest absolute Gasteiger partial charge is 0.416 e. The normalized spacial score (nSPS) is 12.9. The van der Waals surface area contributed by atoms with Crippen LogP contribution in [-0.2, 0) is 15.7 Å². The van der Waals surface area contributed by atoms with Gasteiger partial charge in [0.2, 0.25) is 0 Å². The Morgan fingerprint density at radius 2 is 1.83 bits per heavy atom. The third-order valence-electron chi connectivity index (χ3n) is 5.39. The Hall–Kier alpha value is -3.41. The Labute approximate surface area is 202 Å². The number of aromatic carboxylic acids is 1. The van der Waals surface area contributed by atoms with E-state index in [0.29, 0.717) is 16.0 Å². The largest absolute Gasteiger partial charge is 0.544 e. The van der Waals surface area contributed by atoms with Crippen molar-refractivity contribution in [2.24, 2.45) is 0 Å². The molecule has 0 spiro atoms. The van der Waals surface area contributed by atoms with Gasteiger partial charge >= 0.3 is 6.18 Å². The highest BCUT2D eigenvalue weighted by molar-refractivity contribution is 7.16. The Kier molecular flexibility index (Phi) is 6.84. The van der Waals surface area contributed by atoms with Crippen LogP contribution >= 0.6 is 11.3 Å². The van der Waals surface area contributed by atoms with Crippen LogP contribution in [0.25, 0.3) is 16.0 Å². The predicted molar refractivity (Wildman–Crippen MR) is 121 cm³/mol. The summed E-state index contributed by atoms with van der Waals surface area (Å²) in [5.41, 5.74) is 1.04. The number of imidazole rings is 1. The van der Waals surface area contributed by atoms with Crippen molar-refractivity contribution in [1.82, 2.24) is 9.55 Å². The molecule has 7 nitrogen and oxygen atoms in total. The van der Waals surface area contributed by atoms with E-state index < -0.39 is 30.1 Å². The quantitative estimate of drug-likeness (QED) is 0.317. The molecule has 0 fully saturated rings. The minimum atomic E-state index is -4.58. The number of hydrogen-bond acceptors (Lipinski definition) is 7. The summed E-state index contributed by atoms with van der Waals surface area (Å²) in [5, 5.41) is 12.2. The summed E-state index contributed by atoms with van der Waals surface area (Å²) in [6, 6.07) is 11.8. The van der Waals surface area contributed by atoms with Crippen LogP contribution in [0.2, 0.25) is 0 Å². The van der Waals surface area contributed by atoms with Crippen molar-refractivity contribution in [2.45, 2.75) is 25.5 Å². The maximum absolute atomic E-state index is 13.4. The van der Waals surface area contributed by atoms with Crippen LogP contribution in [-0.4, -0.2) is 29.7 Å². The van der Waals surface area contributed by atoms with Crippen LogP contribution in [0.15, 0.2) is 54.9 Å². The van der Waals surface area contributed by atoms with E-state index in [0.717, 1.165) is 23.0 Å². The van der Waals surface area contributed by atoms with Crippen molar-refractivity contribution in [3.05, 3.63) is 76.4 Å². The van der Waals surface area contributed by atoms with Gasteiger partial charge in [0.1, 0.15) is 23.2 Å². The molecule has 1 atom stereocenters. The van der Waals surface area contributed by atoms with Gasteiger partial charge in [0, 0.05) is 31.4 Å². The lowest BCUT2D eigenvalue weighted by molar-refractivity contribution is -0.254. The van der Waals surface area contributed by atoms with Crippen molar-refractivity contribution in [3.63, 3.8) is 0 Å². The van der Waals surface area contributed by atoms with E-state index in [1.165, 1.54) is 51.7 Å². The van der Waals surface area contributed by atoms with E-state index in [9.17, 15) is 23.1 Å². The molecule has 35 heavy (non-hydrogen) atoms. The van der Waals surface area contributed by atoms with E-state index in [4.69, 9.17) is 14.2 Å². The Bertz CT molecular complexity index is 1360. The Balaban J connectivity index is 1.74. The molecule has 0 aliphatic rings. The molecule has 0 radical (unpaired) electrons. The van der Waals surface area contributed by atoms with Gasteiger partial charge in [-0.2, -0.15) is 13.2 Å². The molecule has 184 valence electrons. The third-order valence-corrected chi connectivity index (χ3v) is 6.48. The summed E-state index contributed by atoms with van der Waals surface area (Å²) in [6.45, 7) is 1.43. The molecular weight excluding hydrogens is 485 g/mol. The number of carboxylic acid groups (broad SMARTS) is 1. The Morgan fingerprint density at radius 1 is 1.11 bits per heavy atom. The summed E-state index contributed by atoms with van der Waals surface area (Å²) in [7, 11) is 3.01. The van der Waals surface area contributed by atoms with Gasteiger partial charge in [-0.1, -0.05) is 24.3 Å². The zero-order chi connectivity index (χ0) is 25.3. The highest BCUT2D eigenvalue weighted by Gasteiger charge is 2.35. The third kappa shape index (κ3) is 4.88. The molecule has 2 heterocycles. The molecule has 2 aromatic carbocycles. The van der Waals surface area contributed by atoms with Gasteiger partial charge in [0.15, 0.2) is 6.29 Å². The molecule has 11 heteroatoms. The number of methoxy groups -OCH3 is 2. The number of aromatic nitrogens is 2. The lowest BCUT2D eigenvalue weighted by atomic mass is 10.0. The fourth-order valence-electron chi connectivity index (χ4n) is 3.79. The molecule has 4 aromatic rings. The van der Waals surface area contributed by atoms with E-state index in [2.05, 4.69) is 4.98 Å². The Morgan fingerprint density at radius 3 is 2.49 bits per heavy atom. The average Bonchev–Trinajstić information content (AvgIpc) is 3.43. The number of carboxylic acids is 1. The summed E-state index contributed by atoms with van der Waals surface area (Å²) < 4.78 is 58.3. The molecule has 0 aliphatic heterocycles. The number of carbonyl (C=O) groups excluding carboxylic acids is 1. The summed E-state index contributed by atoms with van der Waals surface area (Å²) in [6.07, 6.45) is -4.76. The molecule has 0 unspecified atom stereocenters. The van der Waals surface area contributed by atoms with Gasteiger partial charge < -0.3 is 24.1 Å². The van der Waals surface area contributed by atoms with Crippen molar-refractivity contribution >= 4 is 28.3 Å². The molecule has 4 rings (SSSR count). The average molecular weight is 505 g/mol. The van der Waals surface area contributed by atoms with Gasteiger partial charge in [-0.25, -0.2) is 4.98 Å². The monoisotopic (exact) mass is 505 g/mol. The number of hydrogen-bond donors (Lipinski definition) is 0. The van der Waals surface area contributed by atoms with Crippen LogP contribution in [0.3, 0.4) is 0 Å². The van der Waals surface area contributed by atoms with Gasteiger partial charge in [0.25, 0.3) is 0 Å². The SMILES string of the molecule is COC(OC)c1ccc2ncn(-c3cc(O[C@H](C)c4ccccc4C(F)(F)F)c(C(=O)[O-])s3)c2c1. The van der Waals surface area contributed by atoms with Gasteiger partial charge in [-0.05, 0) is 25.1 Å². The molecule has 0 amide bonds. The second-order valence-electron chi connectivity index (χ2n) is 7.58. The van der Waals surface area contributed by atoms with Crippen molar-refractivity contribution in [3.8, 4) is 10.8 Å². The minimum Gasteiger partial charge on any atom is -0.544 e. The highest BCUT2D eigenvalue weighted by atomic mass is 32.1. The number of nitrogens with zero attached hydrogens (tertiary/aromatic N) is 2. The fourth-order valence-corrected chi connectivity index (χ4v) is 4.70. The second-order valence-corrected chi connectivity index (χ2v) is 8.61. The first-order valence-corrected chi connectivity index (χ1v) is 11.2. The molecule has 0 N–H and O–H groups in total. The standard InChI is InChI=1S/C24H21F3N2O5S/c1-13(15-6-4-5-7-16(15)24(25,26)27)34-19-11-20(35-21(19)22(30)31)29-12-28-17-9-8-14(10-18(17)29)23(32-2)33-3/h4-13,23H,1-3H3,(H,30,31)/p-1/t13-/m1/s1. The minimum absolute atomic E-state index is 0.0980. The number of alkyl halides is 3. The second kappa shape index (κ2) is 9.68. The van der Waals surface area contributed by atoms with Gasteiger partial charge in [0.05, 0.1) is 27.4 Å². The van der Waals surface area contributed by atoms with Crippen LogP contribution < -0.4 is 9.84 Å². The topological polar surface area (TPSA) is 85.6 Å². The number of fused-ring (bicyclic) bond motifs is 1. The first kappa shape index (κ1) is 24.7. The van der Waals surface area contributed by atoms with E-state index >= 15 is 0 Å². The van der Waals surface area contributed by atoms with Crippen molar-refractivity contribution < 1.29 is 37.3 Å². The number of ether oxygens (including phenoxy) is 3. The van der Waals surface area contributed by atoms with Gasteiger partial charge in [-0.15, -0.1) is 11.3 Å². The molecule has 0 saturated heterocycles. The highest BCUT2D eigenvalue weighted by Crippen LogP contribution is 2.39. The summed E-state index contributed by atoms with van der Waals surface area (Å²) >= 11 is 0.864. The number of halogens is 3. The van der Waals surface area contributed by atoms with Crippen LogP contribution in [0.1, 0.15) is 45.7 Å². The number of rotatable bonds is 8. The van der Waals surface area contributed by atoms with Crippen LogP contribution in [0.5, 0.6) is 5.75 Å². The lowest BCUT2D eigenvalue weighted by Gasteiger charge is -2.20. The fraction of sp³-hybridized carbons (Fsp3) is 0.250. The van der Waals surface area contributed by atoms with E-state index in [1.807, 2.05) is 0 Å². The zero-order valence-corrected chi connectivity index (χ0v) is 19.6. The van der Waals surface area contributed by atoms with Gasteiger partial charge in [-0.3, -0.25) is 4.57 Å². The first-order valence-electron chi connectivity index (χ1n) is 10.3. The summed E-state index contributed by atoms with van der Waals surface area (Å²) in [4.78, 5) is 15.9.